The number of nitrogens with one attached hydrogen (secondary N) is 1. The maximum Gasteiger partial charge on any atom is 0.353 e. The van der Waals surface area contributed by atoms with Gasteiger partial charge in [0.05, 0.1) is 3.74 Å². The van der Waals surface area contributed by atoms with Crippen molar-refractivity contribution in [3.05, 3.63) is 0 Å². The van der Waals surface area contributed by atoms with E-state index in [2.05, 4.69) is 31.9 Å². The third kappa shape index (κ3) is 5.50. The molecule has 0 saturated heterocycles. The lowest BCUT2D eigenvalue weighted by atomic mass is 10.4. The molecule has 0 fully saturated rings. The molecule has 1 unspecified atom stereocenters. The van der Waals surface area contributed by atoms with Crippen LogP contribution in [0.15, 0.2) is 0 Å². The summed E-state index contributed by atoms with van der Waals surface area (Å²) < 4.78 is -0.231. The van der Waals surface area contributed by atoms with Crippen LogP contribution >= 0.6 is 31.9 Å². The first-order chi connectivity index (χ1) is 5.43. The number of alkyl halides is 2. The smallest absolute Gasteiger partial charge is 0.353 e. The van der Waals surface area contributed by atoms with Gasteiger partial charge in [-0.1, -0.05) is 31.9 Å². The van der Waals surface area contributed by atoms with Crippen molar-refractivity contribution in [2.45, 2.75) is 16.4 Å². The number of carboxylic acid groups (broad SMARTS) is 1. The number of amides is 1. The van der Waals surface area contributed by atoms with Crippen LogP contribution in [0.3, 0.4) is 0 Å². The molecule has 0 aromatic heterocycles. The highest BCUT2D eigenvalue weighted by Gasteiger charge is 2.16. The van der Waals surface area contributed by atoms with Crippen molar-refractivity contribution in [3.8, 4) is 0 Å². The lowest BCUT2D eigenvalue weighted by molar-refractivity contribution is -0.151. The predicted molar refractivity (Wildman–Crippen MR) is 48.0 cm³/mol. The van der Waals surface area contributed by atoms with Crippen molar-refractivity contribution in [1.29, 1.82) is 0 Å². The molecule has 0 rings (SSSR count). The zero-order chi connectivity index (χ0) is 9.72. The Morgan fingerprint density at radius 3 is 2.25 bits per heavy atom. The number of halogens is 2. The first-order valence-corrected chi connectivity index (χ1v) is 4.75. The normalized spacial score (nSPS) is 12.7. The second-order valence-electron chi connectivity index (χ2n) is 1.90. The van der Waals surface area contributed by atoms with Crippen LogP contribution in [0.25, 0.3) is 0 Å². The van der Waals surface area contributed by atoms with Crippen LogP contribution in [0.4, 0.5) is 0 Å². The van der Waals surface area contributed by atoms with Crippen molar-refractivity contribution >= 4 is 43.7 Å². The summed E-state index contributed by atoms with van der Waals surface area (Å²) in [5.41, 5.74) is 0. The molecule has 12 heavy (non-hydrogen) atoms. The molecule has 0 spiro atoms. The zero-order valence-electron chi connectivity index (χ0n) is 5.83. The molecule has 5 nitrogen and oxygen atoms in total. The van der Waals surface area contributed by atoms with Gasteiger partial charge < -0.3 is 15.5 Å². The minimum atomic E-state index is -1.84. The van der Waals surface area contributed by atoms with E-state index in [1.165, 1.54) is 0 Å². The molecule has 1 amide bonds. The van der Waals surface area contributed by atoms with Crippen molar-refractivity contribution in [2.24, 2.45) is 0 Å². The Hall–Kier alpha value is -0.140. The van der Waals surface area contributed by atoms with Crippen LogP contribution in [-0.2, 0) is 9.59 Å². The zero-order valence-corrected chi connectivity index (χ0v) is 9.00. The Labute approximate surface area is 85.4 Å². The molecule has 0 radical (unpaired) electrons. The topological polar surface area (TPSA) is 86.6 Å². The summed E-state index contributed by atoms with van der Waals surface area (Å²) in [6.07, 6.45) is -1.79. The number of carbonyl (C=O) groups excluding carboxylic acids is 1. The molecular formula is C5H7Br2NO4. The number of aliphatic carboxylic acids is 1. The molecule has 0 aliphatic heterocycles. The van der Waals surface area contributed by atoms with E-state index >= 15 is 0 Å². The Balaban J connectivity index is 3.77. The molecule has 7 heteroatoms. The SMILES string of the molecule is O=C(CC(Br)Br)NC(O)C(=O)O. The van der Waals surface area contributed by atoms with Crippen LogP contribution in [0.5, 0.6) is 0 Å². The maximum atomic E-state index is 10.8. The quantitative estimate of drug-likeness (QED) is 0.504. The van der Waals surface area contributed by atoms with E-state index in [0.29, 0.717) is 0 Å². The van der Waals surface area contributed by atoms with Crippen molar-refractivity contribution in [1.82, 2.24) is 5.32 Å². The molecule has 3 N–H and O–H groups in total. The summed E-state index contributed by atoms with van der Waals surface area (Å²) in [5, 5.41) is 18.7. The number of hydrogen-bond acceptors (Lipinski definition) is 3. The van der Waals surface area contributed by atoms with Gasteiger partial charge in [-0.05, 0) is 0 Å². The average Bonchev–Trinajstić information content (AvgIpc) is 1.84. The van der Waals surface area contributed by atoms with E-state index in [-0.39, 0.29) is 10.2 Å². The molecule has 0 saturated carbocycles. The third-order valence-corrected chi connectivity index (χ3v) is 1.52. The van der Waals surface area contributed by atoms with Gasteiger partial charge in [-0.3, -0.25) is 4.79 Å². The monoisotopic (exact) mass is 303 g/mol. The summed E-state index contributed by atoms with van der Waals surface area (Å²) in [7, 11) is 0. The highest BCUT2D eigenvalue weighted by atomic mass is 79.9. The molecule has 0 aliphatic carbocycles. The Morgan fingerprint density at radius 2 is 1.92 bits per heavy atom. The fourth-order valence-corrected chi connectivity index (χ4v) is 1.00. The van der Waals surface area contributed by atoms with Gasteiger partial charge in [-0.25, -0.2) is 4.79 Å². The summed E-state index contributed by atoms with van der Waals surface area (Å²) in [4.78, 5) is 20.8. The number of aliphatic hydroxyl groups excluding tert-OH is 1. The number of hydrogen-bond donors (Lipinski definition) is 3. The van der Waals surface area contributed by atoms with Gasteiger partial charge in [0.15, 0.2) is 0 Å². The Bertz CT molecular complexity index is 184. The van der Waals surface area contributed by atoms with Gasteiger partial charge in [0, 0.05) is 6.42 Å². The van der Waals surface area contributed by atoms with E-state index in [1.54, 1.807) is 0 Å². The summed E-state index contributed by atoms with van der Waals surface area (Å²) >= 11 is 6.06. The van der Waals surface area contributed by atoms with Gasteiger partial charge in [0.2, 0.25) is 12.1 Å². The van der Waals surface area contributed by atoms with Crippen LogP contribution in [-0.4, -0.2) is 32.1 Å². The van der Waals surface area contributed by atoms with Crippen molar-refractivity contribution < 1.29 is 19.8 Å². The molecule has 0 aromatic rings. The molecule has 70 valence electrons. The molecule has 1 atom stereocenters. The number of rotatable bonds is 4. The summed E-state index contributed by atoms with van der Waals surface area (Å²) in [6.45, 7) is 0. The standard InChI is InChI=1S/C5H7Br2NO4/c6-2(7)1-3(9)8-4(10)5(11)12/h2,4,10H,1H2,(H,8,9)(H,11,12). The van der Waals surface area contributed by atoms with Gasteiger partial charge in [0.1, 0.15) is 0 Å². The van der Waals surface area contributed by atoms with Crippen molar-refractivity contribution in [2.75, 3.05) is 0 Å². The van der Waals surface area contributed by atoms with Crippen molar-refractivity contribution in [3.63, 3.8) is 0 Å². The second-order valence-corrected chi connectivity index (χ2v) is 5.34. The van der Waals surface area contributed by atoms with E-state index in [4.69, 9.17) is 10.2 Å². The lowest BCUT2D eigenvalue weighted by Crippen LogP contribution is -2.40. The summed E-state index contributed by atoms with van der Waals surface area (Å²) in [5.74, 6) is -2.03. The van der Waals surface area contributed by atoms with Gasteiger partial charge in [0.25, 0.3) is 0 Å². The minimum absolute atomic E-state index is 0.0460. The summed E-state index contributed by atoms with van der Waals surface area (Å²) in [6, 6.07) is 0. The van der Waals surface area contributed by atoms with Crippen LogP contribution in [0.2, 0.25) is 0 Å². The van der Waals surface area contributed by atoms with Gasteiger partial charge >= 0.3 is 5.97 Å². The van der Waals surface area contributed by atoms with E-state index in [0.717, 1.165) is 0 Å². The van der Waals surface area contributed by atoms with E-state index in [1.807, 2.05) is 5.32 Å². The highest BCUT2D eigenvalue weighted by molar-refractivity contribution is 9.24. The molecular weight excluding hydrogens is 298 g/mol. The highest BCUT2D eigenvalue weighted by Crippen LogP contribution is 2.11. The van der Waals surface area contributed by atoms with Gasteiger partial charge in [-0.15, -0.1) is 0 Å². The predicted octanol–water partition coefficient (Wildman–Crippen LogP) is 0.0116. The molecule has 0 aromatic carbocycles. The Kier molecular flexibility index (Phi) is 5.43. The van der Waals surface area contributed by atoms with E-state index < -0.39 is 18.1 Å². The Morgan fingerprint density at radius 1 is 1.42 bits per heavy atom. The lowest BCUT2D eigenvalue weighted by Gasteiger charge is -2.07. The molecule has 0 heterocycles. The fourth-order valence-electron chi connectivity index (χ4n) is 0.413. The maximum absolute atomic E-state index is 10.8. The first kappa shape index (κ1) is 11.9. The first-order valence-electron chi connectivity index (χ1n) is 2.92. The molecule has 0 aliphatic rings. The van der Waals surface area contributed by atoms with E-state index in [9.17, 15) is 9.59 Å². The second kappa shape index (κ2) is 5.50. The van der Waals surface area contributed by atoms with Gasteiger partial charge in [-0.2, -0.15) is 0 Å². The number of carbonyl (C=O) groups is 2. The number of carboxylic acids is 1. The van der Waals surface area contributed by atoms with Crippen LogP contribution < -0.4 is 5.32 Å². The largest absolute Gasteiger partial charge is 0.478 e. The van der Waals surface area contributed by atoms with Crippen LogP contribution in [0.1, 0.15) is 6.42 Å². The third-order valence-electron chi connectivity index (χ3n) is 0.871. The van der Waals surface area contributed by atoms with Crippen LogP contribution in [0, 0.1) is 0 Å². The fraction of sp³-hybridized carbons (Fsp3) is 0.600. The average molecular weight is 305 g/mol. The minimum Gasteiger partial charge on any atom is -0.478 e. The number of aliphatic hydroxyl groups is 1. The molecule has 0 bridgehead atoms.